The van der Waals surface area contributed by atoms with Crippen LogP contribution in [0.15, 0.2) is 55.0 Å². The van der Waals surface area contributed by atoms with E-state index in [1.165, 1.54) is 17.4 Å². The quantitative estimate of drug-likeness (QED) is 0.578. The SMILES string of the molecule is N#Cc1ccc(C2CC(O)(c3nc4ccccc4s3)c3cncn32)c(F)c1. The Hall–Kier alpha value is -3.08. The minimum atomic E-state index is -1.34. The predicted molar refractivity (Wildman–Crippen MR) is 98.7 cm³/mol. The molecule has 5 rings (SSSR count). The van der Waals surface area contributed by atoms with Crippen molar-refractivity contribution in [2.45, 2.75) is 18.1 Å². The number of thiazole rings is 1. The standard InChI is InChI=1S/C20H13FN4OS/c21-14-7-12(9-22)5-6-13(14)16-8-20(26,18-10-23-11-25(16)18)19-24-15-3-1-2-4-17(15)27-19/h1-7,10-11,16,26H,8H2. The number of aliphatic hydroxyl groups is 1. The van der Waals surface area contributed by atoms with Crippen molar-refractivity contribution in [1.29, 1.82) is 5.26 Å². The largest absolute Gasteiger partial charge is 0.376 e. The molecule has 1 aliphatic rings. The highest BCUT2D eigenvalue weighted by Gasteiger charge is 2.47. The average molecular weight is 376 g/mol. The molecule has 1 aliphatic heterocycles. The van der Waals surface area contributed by atoms with Gasteiger partial charge in [0.1, 0.15) is 10.8 Å². The summed E-state index contributed by atoms with van der Waals surface area (Å²) < 4.78 is 17.4. The summed E-state index contributed by atoms with van der Waals surface area (Å²) in [7, 11) is 0. The highest BCUT2D eigenvalue weighted by atomic mass is 32.1. The van der Waals surface area contributed by atoms with Crippen LogP contribution in [0.2, 0.25) is 0 Å². The van der Waals surface area contributed by atoms with Crippen molar-refractivity contribution in [1.82, 2.24) is 14.5 Å². The molecule has 0 fully saturated rings. The minimum absolute atomic E-state index is 0.257. The molecule has 5 nitrogen and oxygen atoms in total. The predicted octanol–water partition coefficient (Wildman–Crippen LogP) is 3.73. The van der Waals surface area contributed by atoms with Crippen molar-refractivity contribution < 1.29 is 9.50 Å². The summed E-state index contributed by atoms with van der Waals surface area (Å²) in [4.78, 5) is 8.78. The summed E-state index contributed by atoms with van der Waals surface area (Å²) in [5.41, 5.74) is 0.762. The Morgan fingerprint density at radius 2 is 2.15 bits per heavy atom. The zero-order valence-corrected chi connectivity index (χ0v) is 14.8. The van der Waals surface area contributed by atoms with Gasteiger partial charge in [0.2, 0.25) is 0 Å². The third-order valence-corrected chi connectivity index (χ3v) is 6.24. The highest BCUT2D eigenvalue weighted by Crippen LogP contribution is 2.48. The highest BCUT2D eigenvalue weighted by molar-refractivity contribution is 7.18. The second-order valence-corrected chi connectivity index (χ2v) is 7.63. The third kappa shape index (κ3) is 2.31. The van der Waals surface area contributed by atoms with Gasteiger partial charge in [0.15, 0.2) is 5.60 Å². The number of halogens is 1. The molecule has 0 spiro atoms. The monoisotopic (exact) mass is 376 g/mol. The number of imidazole rings is 1. The van der Waals surface area contributed by atoms with Gasteiger partial charge < -0.3 is 9.67 Å². The van der Waals surface area contributed by atoms with E-state index in [0.717, 1.165) is 10.2 Å². The molecule has 2 aromatic carbocycles. The number of fused-ring (bicyclic) bond motifs is 2. The van der Waals surface area contributed by atoms with Crippen LogP contribution >= 0.6 is 11.3 Å². The van der Waals surface area contributed by atoms with E-state index in [-0.39, 0.29) is 12.0 Å². The number of benzene rings is 2. The van der Waals surface area contributed by atoms with Crippen LogP contribution in [-0.2, 0) is 5.60 Å². The second kappa shape index (κ2) is 5.71. The van der Waals surface area contributed by atoms with E-state index in [4.69, 9.17) is 5.26 Å². The fourth-order valence-electron chi connectivity index (χ4n) is 3.73. The van der Waals surface area contributed by atoms with Gasteiger partial charge in [-0.25, -0.2) is 14.4 Å². The first-order valence-electron chi connectivity index (χ1n) is 8.40. The van der Waals surface area contributed by atoms with Crippen molar-refractivity contribution in [3.8, 4) is 6.07 Å². The van der Waals surface area contributed by atoms with E-state index in [9.17, 15) is 9.50 Å². The smallest absolute Gasteiger partial charge is 0.160 e. The van der Waals surface area contributed by atoms with Gasteiger partial charge in [-0.3, -0.25) is 0 Å². The summed E-state index contributed by atoms with van der Waals surface area (Å²) in [5, 5.41) is 21.1. The lowest BCUT2D eigenvalue weighted by Gasteiger charge is -2.20. The Morgan fingerprint density at radius 1 is 1.30 bits per heavy atom. The van der Waals surface area contributed by atoms with E-state index in [0.29, 0.717) is 16.3 Å². The molecular weight excluding hydrogens is 363 g/mol. The van der Waals surface area contributed by atoms with Crippen LogP contribution in [0.5, 0.6) is 0 Å². The van der Waals surface area contributed by atoms with Gasteiger partial charge in [0.25, 0.3) is 0 Å². The summed E-state index contributed by atoms with van der Waals surface area (Å²) in [5.74, 6) is -0.466. The first kappa shape index (κ1) is 16.1. The number of hydrogen-bond acceptors (Lipinski definition) is 5. The maximum Gasteiger partial charge on any atom is 0.160 e. The maximum absolute atomic E-state index is 14.6. The van der Waals surface area contributed by atoms with E-state index in [1.54, 1.807) is 29.2 Å². The summed E-state index contributed by atoms with van der Waals surface area (Å²) in [6, 6.07) is 13.6. The molecule has 4 aromatic rings. The van der Waals surface area contributed by atoms with Gasteiger partial charge in [-0.1, -0.05) is 18.2 Å². The first-order chi connectivity index (χ1) is 13.1. The summed E-state index contributed by atoms with van der Waals surface area (Å²) in [6.45, 7) is 0. The lowest BCUT2D eigenvalue weighted by atomic mass is 9.93. The molecule has 0 aliphatic carbocycles. The number of para-hydroxylation sites is 1. The number of rotatable bonds is 2. The molecule has 0 amide bonds. The van der Waals surface area contributed by atoms with E-state index >= 15 is 0 Å². The fraction of sp³-hybridized carbons (Fsp3) is 0.150. The van der Waals surface area contributed by atoms with Crippen molar-refractivity contribution in [3.63, 3.8) is 0 Å². The molecule has 2 aromatic heterocycles. The Morgan fingerprint density at radius 3 is 2.93 bits per heavy atom. The van der Waals surface area contributed by atoms with Gasteiger partial charge in [-0.15, -0.1) is 11.3 Å². The molecule has 3 heterocycles. The zero-order chi connectivity index (χ0) is 18.6. The van der Waals surface area contributed by atoms with E-state index in [2.05, 4.69) is 9.97 Å². The van der Waals surface area contributed by atoms with Gasteiger partial charge in [0.05, 0.1) is 46.1 Å². The van der Waals surface area contributed by atoms with Crippen LogP contribution in [0.25, 0.3) is 10.2 Å². The lowest BCUT2D eigenvalue weighted by molar-refractivity contribution is 0.0791. The maximum atomic E-state index is 14.6. The Labute approximate surface area is 158 Å². The van der Waals surface area contributed by atoms with Crippen LogP contribution in [0.4, 0.5) is 4.39 Å². The molecule has 1 N–H and O–H groups in total. The van der Waals surface area contributed by atoms with Crippen LogP contribution in [-0.4, -0.2) is 19.6 Å². The zero-order valence-electron chi connectivity index (χ0n) is 14.0. The third-order valence-electron chi connectivity index (χ3n) is 5.05. The second-order valence-electron chi connectivity index (χ2n) is 6.60. The fourth-order valence-corrected chi connectivity index (χ4v) is 4.80. The van der Waals surface area contributed by atoms with Crippen LogP contribution in [0.1, 0.15) is 34.3 Å². The molecule has 27 heavy (non-hydrogen) atoms. The Balaban J connectivity index is 1.64. The molecule has 2 unspecified atom stereocenters. The number of nitrogens with zero attached hydrogens (tertiary/aromatic N) is 4. The molecule has 0 radical (unpaired) electrons. The van der Waals surface area contributed by atoms with Gasteiger partial charge in [-0.2, -0.15) is 5.26 Å². The molecule has 0 saturated heterocycles. The van der Waals surface area contributed by atoms with Crippen LogP contribution in [0.3, 0.4) is 0 Å². The first-order valence-corrected chi connectivity index (χ1v) is 9.22. The van der Waals surface area contributed by atoms with Crippen LogP contribution < -0.4 is 0 Å². The number of nitriles is 1. The van der Waals surface area contributed by atoms with Crippen molar-refractivity contribution in [2.75, 3.05) is 0 Å². The molecule has 2 atom stereocenters. The van der Waals surface area contributed by atoms with Crippen molar-refractivity contribution in [3.05, 3.63) is 82.6 Å². The van der Waals surface area contributed by atoms with Crippen molar-refractivity contribution in [2.24, 2.45) is 0 Å². The molecule has 0 saturated carbocycles. The molecule has 0 bridgehead atoms. The summed E-state index contributed by atoms with van der Waals surface area (Å²) in [6.07, 6.45) is 3.46. The van der Waals surface area contributed by atoms with Gasteiger partial charge in [0, 0.05) is 12.0 Å². The van der Waals surface area contributed by atoms with Crippen molar-refractivity contribution >= 4 is 21.6 Å². The summed E-state index contributed by atoms with van der Waals surface area (Å²) >= 11 is 1.43. The number of hydrogen-bond donors (Lipinski definition) is 1. The van der Waals surface area contributed by atoms with Gasteiger partial charge >= 0.3 is 0 Å². The van der Waals surface area contributed by atoms with E-state index in [1.807, 2.05) is 30.3 Å². The minimum Gasteiger partial charge on any atom is -0.376 e. The normalized spacial score (nSPS) is 21.3. The lowest BCUT2D eigenvalue weighted by Crippen LogP contribution is -2.24. The van der Waals surface area contributed by atoms with Gasteiger partial charge in [-0.05, 0) is 24.3 Å². The van der Waals surface area contributed by atoms with E-state index < -0.39 is 17.5 Å². The average Bonchev–Trinajstić information content (AvgIpc) is 3.38. The molecular formula is C20H13FN4OS. The topological polar surface area (TPSA) is 74.7 Å². The number of aromatic nitrogens is 3. The molecule has 132 valence electrons. The Kier molecular flexibility index (Phi) is 3.41. The molecule has 7 heteroatoms. The Bertz CT molecular complexity index is 1190. The van der Waals surface area contributed by atoms with Crippen LogP contribution in [0, 0.1) is 17.1 Å².